The molecule has 0 aliphatic carbocycles. The number of halogens is 5. The summed E-state index contributed by atoms with van der Waals surface area (Å²) in [5, 5.41) is 27.3. The van der Waals surface area contributed by atoms with E-state index in [2.05, 4.69) is 41.7 Å². The van der Waals surface area contributed by atoms with E-state index < -0.39 is 47.3 Å². The van der Waals surface area contributed by atoms with Crippen molar-refractivity contribution < 1.29 is 38.2 Å². The molecule has 0 radical (unpaired) electrons. The van der Waals surface area contributed by atoms with Gasteiger partial charge in [0.1, 0.15) is 11.5 Å². The molecule has 5 aromatic rings. The predicted molar refractivity (Wildman–Crippen MR) is 270 cm³/mol. The van der Waals surface area contributed by atoms with Gasteiger partial charge in [0.15, 0.2) is 11.6 Å². The Bertz CT molecular complexity index is 2810. The Hall–Kier alpha value is -6.43. The molecule has 0 heterocycles. The summed E-state index contributed by atoms with van der Waals surface area (Å²) >= 11 is 30.5. The van der Waals surface area contributed by atoms with E-state index in [1.165, 1.54) is 75.7 Å². The SMILES string of the molecule is COc1cc(NC(=O)c2cc(Cl)cc(N=NC(C(C)=O)C(=O)Nc3ccc(NC(=O)C(N=Nc4cc(Cl)cc(C(=O)Nc5ccc(CCCl)c(OC)c5)c4)C(C)=O)c(CCCl)c3)c2)ccc1CCCl. The lowest BCUT2D eigenvalue weighted by Gasteiger charge is -2.15. The van der Waals surface area contributed by atoms with Crippen molar-refractivity contribution >= 4 is 127 Å². The molecule has 0 fully saturated rings. The summed E-state index contributed by atoms with van der Waals surface area (Å²) < 4.78 is 10.8. The van der Waals surface area contributed by atoms with Crippen LogP contribution in [0.4, 0.5) is 34.1 Å². The first-order chi connectivity index (χ1) is 33.0. The van der Waals surface area contributed by atoms with Gasteiger partial charge in [0, 0.05) is 73.7 Å². The van der Waals surface area contributed by atoms with Crippen LogP contribution in [0.15, 0.2) is 111 Å². The third kappa shape index (κ3) is 15.3. The minimum atomic E-state index is -1.61. The predicted octanol–water partition coefficient (Wildman–Crippen LogP) is 11.2. The number of benzene rings is 5. The number of alkyl halides is 3. The number of anilines is 4. The maximum Gasteiger partial charge on any atom is 0.258 e. The minimum absolute atomic E-state index is 0.0934. The van der Waals surface area contributed by atoms with E-state index in [1.54, 1.807) is 36.4 Å². The molecule has 2 atom stereocenters. The Balaban J connectivity index is 1.26. The van der Waals surface area contributed by atoms with Crippen LogP contribution >= 0.6 is 58.0 Å². The van der Waals surface area contributed by atoms with Gasteiger partial charge >= 0.3 is 0 Å². The molecule has 2 unspecified atom stereocenters. The summed E-state index contributed by atoms with van der Waals surface area (Å²) in [7, 11) is 3.03. The second kappa shape index (κ2) is 25.8. The van der Waals surface area contributed by atoms with Crippen LogP contribution in [0.2, 0.25) is 10.0 Å². The Labute approximate surface area is 422 Å². The fourth-order valence-electron chi connectivity index (χ4n) is 6.59. The Morgan fingerprint density at radius 3 is 1.33 bits per heavy atom. The number of methoxy groups -OCH3 is 2. The molecule has 69 heavy (non-hydrogen) atoms. The first kappa shape index (κ1) is 53.5. The standard InChI is InChI=1S/C48H45Cl5N8O8/c1-26(62)43(60-58-38-20-31(17-33(52)22-38)45(64)54-36-7-5-28(11-14-49)41(24-36)68-3)47(66)56-35-9-10-40(30(19-35)13-16-51)57-48(67)44(27(2)63)61-59-39-21-32(18-34(53)23-39)46(65)55-37-8-6-29(12-15-50)42(25-37)69-4/h5-10,17-25,43-44H,11-16H2,1-4H3,(H,54,64)(H,55,65)(H,56,66)(H,57,67). The number of ether oxygens (including phenoxy) is 2. The molecule has 16 nitrogen and oxygen atoms in total. The number of amides is 4. The molecule has 0 bridgehead atoms. The number of carbonyl (C=O) groups is 6. The molecule has 5 rings (SSSR count). The van der Waals surface area contributed by atoms with Gasteiger partial charge in [-0.25, -0.2) is 0 Å². The number of carbonyl (C=O) groups excluding carboxylic acids is 6. The molecule has 21 heteroatoms. The second-order valence-corrected chi connectivity index (χ2v) is 17.0. The van der Waals surface area contributed by atoms with E-state index in [9.17, 15) is 28.8 Å². The van der Waals surface area contributed by atoms with Crippen molar-refractivity contribution in [1.82, 2.24) is 0 Å². The van der Waals surface area contributed by atoms with Gasteiger partial charge in [0.05, 0.1) is 25.6 Å². The molecule has 0 saturated carbocycles. The molecule has 0 spiro atoms. The second-order valence-electron chi connectivity index (χ2n) is 15.0. The van der Waals surface area contributed by atoms with Gasteiger partial charge in [-0.1, -0.05) is 35.3 Å². The lowest BCUT2D eigenvalue weighted by molar-refractivity contribution is -0.127. The van der Waals surface area contributed by atoms with Crippen LogP contribution in [0, 0.1) is 0 Å². The molecular formula is C48H45Cl5N8O8. The van der Waals surface area contributed by atoms with Crippen LogP contribution in [0.5, 0.6) is 11.5 Å². The van der Waals surface area contributed by atoms with Crippen molar-refractivity contribution in [2.75, 3.05) is 53.1 Å². The number of nitrogens with one attached hydrogen (secondary N) is 4. The summed E-state index contributed by atoms with van der Waals surface area (Å²) in [6.07, 6.45) is 1.36. The van der Waals surface area contributed by atoms with E-state index in [0.717, 1.165) is 18.1 Å². The number of azo groups is 2. The van der Waals surface area contributed by atoms with Crippen molar-refractivity contribution in [3.63, 3.8) is 0 Å². The van der Waals surface area contributed by atoms with Crippen LogP contribution in [-0.4, -0.2) is 79.1 Å². The number of aryl methyl sites for hydroxylation is 3. The van der Waals surface area contributed by atoms with Gasteiger partial charge in [-0.3, -0.25) is 28.8 Å². The normalized spacial score (nSPS) is 12.0. The van der Waals surface area contributed by atoms with Crippen LogP contribution in [0.1, 0.15) is 51.3 Å². The van der Waals surface area contributed by atoms with Gasteiger partial charge in [0.25, 0.3) is 23.6 Å². The number of rotatable bonds is 22. The summed E-state index contributed by atoms with van der Waals surface area (Å²) in [4.78, 5) is 78.8. The van der Waals surface area contributed by atoms with E-state index in [0.29, 0.717) is 53.0 Å². The number of hydrogen-bond acceptors (Lipinski definition) is 12. The first-order valence-electron chi connectivity index (χ1n) is 20.9. The third-order valence-corrected chi connectivity index (χ3v) is 10.9. The summed E-state index contributed by atoms with van der Waals surface area (Å²) in [6.45, 7) is 2.33. The monoisotopic (exact) mass is 1040 g/mol. The number of hydrogen-bond donors (Lipinski definition) is 4. The number of Topliss-reactive ketones (excluding diaryl/α,β-unsaturated/α-hetero) is 2. The minimum Gasteiger partial charge on any atom is -0.496 e. The summed E-state index contributed by atoms with van der Waals surface area (Å²) in [5.74, 6) is -1.98. The zero-order valence-electron chi connectivity index (χ0n) is 37.5. The number of ketones is 2. The smallest absolute Gasteiger partial charge is 0.258 e. The van der Waals surface area contributed by atoms with Crippen LogP contribution in [0.3, 0.4) is 0 Å². The first-order valence-corrected chi connectivity index (χ1v) is 23.2. The molecule has 5 aromatic carbocycles. The Morgan fingerprint density at radius 2 is 0.913 bits per heavy atom. The molecule has 4 amide bonds. The lowest BCUT2D eigenvalue weighted by atomic mass is 10.1. The highest BCUT2D eigenvalue weighted by Gasteiger charge is 2.26. The molecular weight excluding hydrogens is 994 g/mol. The molecule has 0 saturated heterocycles. The van der Waals surface area contributed by atoms with E-state index in [-0.39, 0.29) is 56.2 Å². The average Bonchev–Trinajstić information content (AvgIpc) is 3.30. The fraction of sp³-hybridized carbons (Fsp3) is 0.250. The molecule has 4 N–H and O–H groups in total. The lowest BCUT2D eigenvalue weighted by Crippen LogP contribution is -2.32. The molecule has 0 aliphatic heterocycles. The van der Waals surface area contributed by atoms with Crippen molar-refractivity contribution in [1.29, 1.82) is 0 Å². The third-order valence-electron chi connectivity index (χ3n) is 9.95. The highest BCUT2D eigenvalue weighted by atomic mass is 35.5. The molecule has 360 valence electrons. The fourth-order valence-corrected chi connectivity index (χ4v) is 7.66. The molecule has 0 aliphatic rings. The summed E-state index contributed by atoms with van der Waals surface area (Å²) in [5.41, 5.74) is 4.03. The van der Waals surface area contributed by atoms with E-state index in [4.69, 9.17) is 67.5 Å². The average molecular weight is 1040 g/mol. The van der Waals surface area contributed by atoms with Crippen molar-refractivity contribution in [3.8, 4) is 11.5 Å². The van der Waals surface area contributed by atoms with E-state index >= 15 is 0 Å². The maximum absolute atomic E-state index is 13.5. The van der Waals surface area contributed by atoms with Crippen LogP contribution in [-0.2, 0) is 38.4 Å². The van der Waals surface area contributed by atoms with Gasteiger partial charge in [-0.05, 0) is 117 Å². The number of nitrogens with zero attached hydrogens (tertiary/aromatic N) is 4. The Kier molecular flexibility index (Phi) is 20.0. The maximum atomic E-state index is 13.5. The largest absolute Gasteiger partial charge is 0.496 e. The molecule has 0 aromatic heterocycles. The van der Waals surface area contributed by atoms with Gasteiger partial charge < -0.3 is 30.7 Å². The van der Waals surface area contributed by atoms with Crippen molar-refractivity contribution in [3.05, 3.63) is 129 Å². The van der Waals surface area contributed by atoms with Crippen molar-refractivity contribution in [2.45, 2.75) is 45.2 Å². The van der Waals surface area contributed by atoms with Gasteiger partial charge in [-0.15, -0.1) is 34.8 Å². The Morgan fingerprint density at radius 1 is 0.507 bits per heavy atom. The van der Waals surface area contributed by atoms with Gasteiger partial charge in [-0.2, -0.15) is 20.5 Å². The zero-order chi connectivity index (χ0) is 50.2. The quantitative estimate of drug-likeness (QED) is 0.0296. The zero-order valence-corrected chi connectivity index (χ0v) is 41.3. The summed E-state index contributed by atoms with van der Waals surface area (Å²) in [6, 6.07) is 20.0. The van der Waals surface area contributed by atoms with Crippen molar-refractivity contribution in [2.24, 2.45) is 20.5 Å². The topological polar surface area (TPSA) is 218 Å². The van der Waals surface area contributed by atoms with Gasteiger partial charge in [0.2, 0.25) is 12.1 Å². The van der Waals surface area contributed by atoms with Crippen LogP contribution in [0.25, 0.3) is 0 Å². The van der Waals surface area contributed by atoms with Crippen LogP contribution < -0.4 is 30.7 Å². The highest BCUT2D eigenvalue weighted by molar-refractivity contribution is 6.32. The van der Waals surface area contributed by atoms with E-state index in [1.807, 2.05) is 0 Å². The highest BCUT2D eigenvalue weighted by Crippen LogP contribution is 2.30.